The number of hydrogen-bond donors (Lipinski definition) is 2. The van der Waals surface area contributed by atoms with Crippen molar-refractivity contribution in [3.05, 3.63) is 54.1 Å². The van der Waals surface area contributed by atoms with Gasteiger partial charge in [0.1, 0.15) is 23.9 Å². The predicted octanol–water partition coefficient (Wildman–Crippen LogP) is 2.68. The SMILES string of the molecule is Oc1ccc(OCc2cccc(O)c2)cc1. The van der Waals surface area contributed by atoms with Gasteiger partial charge < -0.3 is 14.9 Å². The van der Waals surface area contributed by atoms with Crippen LogP contribution in [0.4, 0.5) is 0 Å². The molecule has 82 valence electrons. The van der Waals surface area contributed by atoms with E-state index in [-0.39, 0.29) is 11.5 Å². The second-order valence-electron chi connectivity index (χ2n) is 3.45. The lowest BCUT2D eigenvalue weighted by Crippen LogP contribution is -1.94. The maximum Gasteiger partial charge on any atom is 0.120 e. The molecule has 0 amide bonds. The van der Waals surface area contributed by atoms with E-state index in [0.717, 1.165) is 5.56 Å². The van der Waals surface area contributed by atoms with Crippen molar-refractivity contribution in [2.45, 2.75) is 6.61 Å². The molecule has 0 aliphatic carbocycles. The Hall–Kier alpha value is -2.16. The van der Waals surface area contributed by atoms with Gasteiger partial charge in [0, 0.05) is 0 Å². The third-order valence-corrected chi connectivity index (χ3v) is 2.15. The smallest absolute Gasteiger partial charge is 0.120 e. The lowest BCUT2D eigenvalue weighted by atomic mass is 10.2. The summed E-state index contributed by atoms with van der Waals surface area (Å²) in [6.07, 6.45) is 0. The van der Waals surface area contributed by atoms with Crippen molar-refractivity contribution >= 4 is 0 Å². The van der Waals surface area contributed by atoms with Gasteiger partial charge >= 0.3 is 0 Å². The normalized spacial score (nSPS) is 10.0. The molecule has 0 spiro atoms. The molecule has 2 N–H and O–H groups in total. The van der Waals surface area contributed by atoms with Crippen molar-refractivity contribution < 1.29 is 14.9 Å². The van der Waals surface area contributed by atoms with E-state index in [1.54, 1.807) is 42.5 Å². The van der Waals surface area contributed by atoms with Crippen molar-refractivity contribution in [2.24, 2.45) is 0 Å². The lowest BCUT2D eigenvalue weighted by molar-refractivity contribution is 0.305. The fraction of sp³-hybridized carbons (Fsp3) is 0.0769. The molecule has 0 saturated carbocycles. The summed E-state index contributed by atoms with van der Waals surface area (Å²) in [5.41, 5.74) is 0.896. The molecule has 2 rings (SSSR count). The monoisotopic (exact) mass is 216 g/mol. The average molecular weight is 216 g/mol. The first kappa shape index (κ1) is 10.4. The first-order valence-electron chi connectivity index (χ1n) is 4.94. The van der Waals surface area contributed by atoms with Crippen LogP contribution < -0.4 is 4.74 Å². The van der Waals surface area contributed by atoms with Crippen molar-refractivity contribution in [1.29, 1.82) is 0 Å². The van der Waals surface area contributed by atoms with Gasteiger partial charge in [-0.1, -0.05) is 12.1 Å². The van der Waals surface area contributed by atoms with E-state index in [2.05, 4.69) is 0 Å². The number of benzene rings is 2. The molecule has 3 nitrogen and oxygen atoms in total. The van der Waals surface area contributed by atoms with Gasteiger partial charge in [-0.15, -0.1) is 0 Å². The summed E-state index contributed by atoms with van der Waals surface area (Å²) in [4.78, 5) is 0. The highest BCUT2D eigenvalue weighted by molar-refractivity contribution is 5.31. The van der Waals surface area contributed by atoms with E-state index in [4.69, 9.17) is 9.84 Å². The third kappa shape index (κ3) is 2.67. The van der Waals surface area contributed by atoms with Crippen LogP contribution in [0.3, 0.4) is 0 Å². The minimum absolute atomic E-state index is 0.213. The topological polar surface area (TPSA) is 49.7 Å². The predicted molar refractivity (Wildman–Crippen MR) is 60.5 cm³/mol. The molecule has 0 aliphatic heterocycles. The lowest BCUT2D eigenvalue weighted by Gasteiger charge is -2.06. The molecular weight excluding hydrogens is 204 g/mol. The highest BCUT2D eigenvalue weighted by Gasteiger charge is 1.97. The summed E-state index contributed by atoms with van der Waals surface area (Å²) in [5, 5.41) is 18.3. The van der Waals surface area contributed by atoms with Crippen LogP contribution in [0, 0.1) is 0 Å². The van der Waals surface area contributed by atoms with Crippen LogP contribution in [0.1, 0.15) is 5.56 Å². The van der Waals surface area contributed by atoms with Crippen LogP contribution in [-0.2, 0) is 6.61 Å². The number of phenols is 2. The highest BCUT2D eigenvalue weighted by atomic mass is 16.5. The molecule has 0 radical (unpaired) electrons. The first-order valence-corrected chi connectivity index (χ1v) is 4.94. The van der Waals surface area contributed by atoms with Crippen LogP contribution in [0.25, 0.3) is 0 Å². The van der Waals surface area contributed by atoms with Gasteiger partial charge in [-0.3, -0.25) is 0 Å². The van der Waals surface area contributed by atoms with Crippen LogP contribution in [-0.4, -0.2) is 10.2 Å². The Balaban J connectivity index is 1.99. The fourth-order valence-electron chi connectivity index (χ4n) is 1.36. The quantitative estimate of drug-likeness (QED) is 0.829. The molecule has 0 bridgehead atoms. The van der Waals surface area contributed by atoms with Gasteiger partial charge in [0.25, 0.3) is 0 Å². The molecule has 0 heterocycles. The molecule has 0 aliphatic rings. The minimum Gasteiger partial charge on any atom is -0.508 e. The molecule has 2 aromatic rings. The van der Waals surface area contributed by atoms with E-state index in [1.807, 2.05) is 6.07 Å². The number of ether oxygens (including phenoxy) is 1. The molecular formula is C13H12O3. The van der Waals surface area contributed by atoms with E-state index in [9.17, 15) is 5.11 Å². The summed E-state index contributed by atoms with van der Waals surface area (Å²) >= 11 is 0. The van der Waals surface area contributed by atoms with Crippen LogP contribution in [0.5, 0.6) is 17.2 Å². The molecule has 0 saturated heterocycles. The second kappa shape index (κ2) is 4.57. The standard InChI is InChI=1S/C13H12O3/c14-11-4-6-13(7-5-11)16-9-10-2-1-3-12(15)8-10/h1-8,14-15H,9H2. The Morgan fingerprint density at radius 1 is 0.875 bits per heavy atom. The van der Waals surface area contributed by atoms with E-state index >= 15 is 0 Å². The third-order valence-electron chi connectivity index (χ3n) is 2.15. The molecule has 3 heteroatoms. The molecule has 0 unspecified atom stereocenters. The summed E-state index contributed by atoms with van der Waals surface area (Å²) in [6.45, 7) is 0.388. The Kier molecular flexibility index (Phi) is 2.96. The van der Waals surface area contributed by atoms with Gasteiger partial charge in [-0.25, -0.2) is 0 Å². The Bertz CT molecular complexity index is 463. The largest absolute Gasteiger partial charge is 0.508 e. The number of rotatable bonds is 3. The Labute approximate surface area is 93.6 Å². The molecule has 0 fully saturated rings. The van der Waals surface area contributed by atoms with Crippen LogP contribution in [0.15, 0.2) is 48.5 Å². The number of phenolic OH excluding ortho intramolecular Hbond substituents is 2. The Morgan fingerprint density at radius 2 is 1.62 bits per heavy atom. The zero-order valence-corrected chi connectivity index (χ0v) is 8.63. The zero-order valence-electron chi connectivity index (χ0n) is 8.63. The van der Waals surface area contributed by atoms with E-state index in [0.29, 0.717) is 12.4 Å². The van der Waals surface area contributed by atoms with Crippen molar-refractivity contribution in [3.63, 3.8) is 0 Å². The number of hydrogen-bond acceptors (Lipinski definition) is 3. The summed E-state index contributed by atoms with van der Waals surface area (Å²) in [7, 11) is 0. The fourth-order valence-corrected chi connectivity index (χ4v) is 1.36. The minimum atomic E-state index is 0.213. The molecule has 2 aromatic carbocycles. The van der Waals surface area contributed by atoms with Crippen LogP contribution >= 0.6 is 0 Å². The van der Waals surface area contributed by atoms with Gasteiger partial charge in [-0.05, 0) is 42.0 Å². The van der Waals surface area contributed by atoms with E-state index in [1.165, 1.54) is 0 Å². The van der Waals surface area contributed by atoms with Gasteiger partial charge in [0.05, 0.1) is 0 Å². The molecule has 0 aromatic heterocycles. The zero-order chi connectivity index (χ0) is 11.4. The van der Waals surface area contributed by atoms with Gasteiger partial charge in [0.15, 0.2) is 0 Å². The summed E-state index contributed by atoms with van der Waals surface area (Å²) in [5.74, 6) is 1.12. The molecule has 0 atom stereocenters. The number of aromatic hydroxyl groups is 2. The van der Waals surface area contributed by atoms with E-state index < -0.39 is 0 Å². The Morgan fingerprint density at radius 3 is 2.31 bits per heavy atom. The summed E-state index contributed by atoms with van der Waals surface area (Å²) in [6, 6.07) is 13.4. The summed E-state index contributed by atoms with van der Waals surface area (Å²) < 4.78 is 5.48. The van der Waals surface area contributed by atoms with Crippen molar-refractivity contribution in [1.82, 2.24) is 0 Å². The second-order valence-corrected chi connectivity index (χ2v) is 3.45. The van der Waals surface area contributed by atoms with Gasteiger partial charge in [0.2, 0.25) is 0 Å². The average Bonchev–Trinajstić information content (AvgIpc) is 2.28. The first-order chi connectivity index (χ1) is 7.74. The van der Waals surface area contributed by atoms with Crippen molar-refractivity contribution in [3.8, 4) is 17.2 Å². The van der Waals surface area contributed by atoms with Gasteiger partial charge in [-0.2, -0.15) is 0 Å². The maximum atomic E-state index is 9.26. The molecule has 16 heavy (non-hydrogen) atoms. The highest BCUT2D eigenvalue weighted by Crippen LogP contribution is 2.18. The maximum absolute atomic E-state index is 9.26. The van der Waals surface area contributed by atoms with Crippen LogP contribution in [0.2, 0.25) is 0 Å². The van der Waals surface area contributed by atoms with Crippen molar-refractivity contribution in [2.75, 3.05) is 0 Å².